The molecule has 0 atom stereocenters. The second-order valence-electron chi connectivity index (χ2n) is 4.05. The molecule has 0 radical (unpaired) electrons. The fourth-order valence-corrected chi connectivity index (χ4v) is 2.02. The third kappa shape index (κ3) is 1.37. The number of hydrogen-bond donors (Lipinski definition) is 0. The van der Waals surface area contributed by atoms with Gasteiger partial charge in [0.05, 0.1) is 13.2 Å². The van der Waals surface area contributed by atoms with Crippen LogP contribution in [0.15, 0.2) is 18.2 Å². The van der Waals surface area contributed by atoms with Crippen molar-refractivity contribution in [1.82, 2.24) is 0 Å². The molecule has 1 aromatic rings. The highest BCUT2D eigenvalue weighted by atomic mass is 16.6. The summed E-state index contributed by atoms with van der Waals surface area (Å²) < 4.78 is 21.8. The van der Waals surface area contributed by atoms with Crippen LogP contribution < -0.4 is 9.47 Å². The molecule has 4 heteroatoms. The molecule has 0 aromatic heterocycles. The van der Waals surface area contributed by atoms with Crippen molar-refractivity contribution in [3.05, 3.63) is 23.8 Å². The molecule has 0 saturated carbocycles. The lowest BCUT2D eigenvalue weighted by Crippen LogP contribution is -2.48. The van der Waals surface area contributed by atoms with Crippen LogP contribution >= 0.6 is 0 Å². The summed E-state index contributed by atoms with van der Waals surface area (Å²) in [4.78, 5) is 0. The van der Waals surface area contributed by atoms with E-state index in [1.54, 1.807) is 7.11 Å². The largest absolute Gasteiger partial charge is 0.486 e. The molecule has 1 aromatic carbocycles. The lowest BCUT2D eigenvalue weighted by Gasteiger charge is -2.40. The first-order valence-corrected chi connectivity index (χ1v) is 5.37. The standard InChI is InChI=1S/C12H14O4/c1-13-12(7-14-8-12)9-2-3-10-11(6-9)16-5-4-15-10/h2-3,6H,4-5,7-8H2,1H3. The summed E-state index contributed by atoms with van der Waals surface area (Å²) in [5.74, 6) is 1.61. The first kappa shape index (κ1) is 9.93. The number of ether oxygens (including phenoxy) is 4. The Morgan fingerprint density at radius 2 is 1.88 bits per heavy atom. The summed E-state index contributed by atoms with van der Waals surface area (Å²) in [7, 11) is 1.71. The van der Waals surface area contributed by atoms with Crippen LogP contribution in [0.4, 0.5) is 0 Å². The van der Waals surface area contributed by atoms with Crippen LogP contribution in [0.2, 0.25) is 0 Å². The van der Waals surface area contributed by atoms with Crippen molar-refractivity contribution in [2.24, 2.45) is 0 Å². The van der Waals surface area contributed by atoms with E-state index in [0.29, 0.717) is 26.4 Å². The van der Waals surface area contributed by atoms with Gasteiger partial charge in [0.15, 0.2) is 11.5 Å². The van der Waals surface area contributed by atoms with Crippen LogP contribution in [-0.4, -0.2) is 33.5 Å². The molecule has 0 N–H and O–H groups in total. The van der Waals surface area contributed by atoms with Crippen LogP contribution in [0.25, 0.3) is 0 Å². The molecule has 86 valence electrons. The number of hydrogen-bond acceptors (Lipinski definition) is 4. The van der Waals surface area contributed by atoms with E-state index in [9.17, 15) is 0 Å². The monoisotopic (exact) mass is 222 g/mol. The summed E-state index contributed by atoms with van der Waals surface area (Å²) in [6.07, 6.45) is 0. The zero-order valence-corrected chi connectivity index (χ0v) is 9.19. The van der Waals surface area contributed by atoms with Gasteiger partial charge in [-0.05, 0) is 17.7 Å². The summed E-state index contributed by atoms with van der Waals surface area (Å²) in [5.41, 5.74) is 0.793. The molecule has 2 aliphatic rings. The maximum Gasteiger partial charge on any atom is 0.161 e. The topological polar surface area (TPSA) is 36.9 Å². The molecule has 2 aliphatic heterocycles. The van der Waals surface area contributed by atoms with E-state index in [1.165, 1.54) is 0 Å². The second-order valence-corrected chi connectivity index (χ2v) is 4.05. The Labute approximate surface area is 94.1 Å². The molecule has 0 amide bonds. The van der Waals surface area contributed by atoms with Gasteiger partial charge in [0.1, 0.15) is 18.8 Å². The van der Waals surface area contributed by atoms with E-state index < -0.39 is 0 Å². The van der Waals surface area contributed by atoms with E-state index in [1.807, 2.05) is 18.2 Å². The molecule has 16 heavy (non-hydrogen) atoms. The lowest BCUT2D eigenvalue weighted by atomic mass is 9.91. The van der Waals surface area contributed by atoms with Gasteiger partial charge in [-0.2, -0.15) is 0 Å². The SMILES string of the molecule is COC1(c2ccc3c(c2)OCCO3)COC1. The average Bonchev–Trinajstić information content (AvgIpc) is 2.28. The van der Waals surface area contributed by atoms with Crippen LogP contribution in [0.1, 0.15) is 5.56 Å². The molecular formula is C12H14O4. The molecule has 1 fully saturated rings. The summed E-state index contributed by atoms with van der Waals surface area (Å²) in [5, 5.41) is 0. The van der Waals surface area contributed by atoms with Crippen LogP contribution in [0.3, 0.4) is 0 Å². The molecule has 0 spiro atoms. The van der Waals surface area contributed by atoms with Crippen LogP contribution in [0, 0.1) is 0 Å². The van der Waals surface area contributed by atoms with E-state index in [4.69, 9.17) is 18.9 Å². The van der Waals surface area contributed by atoms with Crippen molar-refractivity contribution in [3.8, 4) is 11.5 Å². The Hall–Kier alpha value is -1.26. The molecule has 3 rings (SSSR count). The Morgan fingerprint density at radius 3 is 2.50 bits per heavy atom. The third-order valence-electron chi connectivity index (χ3n) is 3.13. The first-order valence-electron chi connectivity index (χ1n) is 5.37. The number of fused-ring (bicyclic) bond motifs is 1. The van der Waals surface area contributed by atoms with Crippen molar-refractivity contribution in [2.45, 2.75) is 5.60 Å². The smallest absolute Gasteiger partial charge is 0.161 e. The molecular weight excluding hydrogens is 208 g/mol. The number of rotatable bonds is 2. The normalized spacial score (nSPS) is 21.3. The lowest BCUT2D eigenvalue weighted by molar-refractivity contribution is -0.202. The molecule has 0 bridgehead atoms. The Kier molecular flexibility index (Phi) is 2.26. The van der Waals surface area contributed by atoms with Crippen molar-refractivity contribution >= 4 is 0 Å². The van der Waals surface area contributed by atoms with Gasteiger partial charge in [0.2, 0.25) is 0 Å². The van der Waals surface area contributed by atoms with Gasteiger partial charge in [-0.1, -0.05) is 6.07 Å². The summed E-state index contributed by atoms with van der Waals surface area (Å²) in [6.45, 7) is 2.42. The quantitative estimate of drug-likeness (QED) is 0.756. The Balaban J connectivity index is 1.96. The minimum Gasteiger partial charge on any atom is -0.486 e. The Morgan fingerprint density at radius 1 is 1.12 bits per heavy atom. The molecule has 0 aliphatic carbocycles. The second kappa shape index (κ2) is 3.64. The zero-order valence-electron chi connectivity index (χ0n) is 9.19. The van der Waals surface area contributed by atoms with Crippen LogP contribution in [0.5, 0.6) is 11.5 Å². The fourth-order valence-electron chi connectivity index (χ4n) is 2.02. The van der Waals surface area contributed by atoms with Crippen molar-refractivity contribution in [3.63, 3.8) is 0 Å². The van der Waals surface area contributed by atoms with Gasteiger partial charge in [0, 0.05) is 7.11 Å². The molecule has 0 unspecified atom stereocenters. The first-order chi connectivity index (χ1) is 7.84. The highest BCUT2D eigenvalue weighted by molar-refractivity contribution is 5.46. The van der Waals surface area contributed by atoms with Gasteiger partial charge < -0.3 is 18.9 Å². The predicted molar refractivity (Wildman–Crippen MR) is 56.9 cm³/mol. The van der Waals surface area contributed by atoms with E-state index in [-0.39, 0.29) is 5.60 Å². The van der Waals surface area contributed by atoms with Gasteiger partial charge in [-0.15, -0.1) is 0 Å². The van der Waals surface area contributed by atoms with E-state index in [2.05, 4.69) is 0 Å². The highest BCUT2D eigenvalue weighted by Crippen LogP contribution is 2.38. The summed E-state index contributed by atoms with van der Waals surface area (Å²) >= 11 is 0. The average molecular weight is 222 g/mol. The minimum absolute atomic E-state index is 0.296. The van der Waals surface area contributed by atoms with Crippen molar-refractivity contribution in [2.75, 3.05) is 33.5 Å². The van der Waals surface area contributed by atoms with Gasteiger partial charge in [-0.3, -0.25) is 0 Å². The maximum absolute atomic E-state index is 5.55. The fraction of sp³-hybridized carbons (Fsp3) is 0.500. The third-order valence-corrected chi connectivity index (χ3v) is 3.13. The van der Waals surface area contributed by atoms with E-state index >= 15 is 0 Å². The van der Waals surface area contributed by atoms with Gasteiger partial charge >= 0.3 is 0 Å². The number of benzene rings is 1. The van der Waals surface area contributed by atoms with Crippen molar-refractivity contribution < 1.29 is 18.9 Å². The zero-order chi connectivity index (χ0) is 11.0. The van der Waals surface area contributed by atoms with Crippen LogP contribution in [-0.2, 0) is 15.1 Å². The number of methoxy groups -OCH3 is 1. The molecule has 4 nitrogen and oxygen atoms in total. The molecule has 1 saturated heterocycles. The minimum atomic E-state index is -0.296. The van der Waals surface area contributed by atoms with E-state index in [0.717, 1.165) is 17.1 Å². The predicted octanol–water partition coefficient (Wildman–Crippen LogP) is 1.33. The maximum atomic E-state index is 5.55. The van der Waals surface area contributed by atoms with Gasteiger partial charge in [0.25, 0.3) is 0 Å². The highest BCUT2D eigenvalue weighted by Gasteiger charge is 2.41. The summed E-state index contributed by atoms with van der Waals surface area (Å²) in [6, 6.07) is 5.93. The molecule has 2 heterocycles. The van der Waals surface area contributed by atoms with Gasteiger partial charge in [-0.25, -0.2) is 0 Å². The Bertz CT molecular complexity index is 392. The van der Waals surface area contributed by atoms with Crippen molar-refractivity contribution in [1.29, 1.82) is 0 Å².